The Hall–Kier alpha value is -0.243. The van der Waals surface area contributed by atoms with Crippen LogP contribution in [0.5, 0.6) is 0 Å². The molecule has 0 amide bonds. The Morgan fingerprint density at radius 2 is 1.87 bits per heavy atom. The average molecular weight is 224 g/mol. The minimum atomic E-state index is -1.44. The molecule has 2 aliphatic rings. The van der Waals surface area contributed by atoms with Crippen molar-refractivity contribution in [2.45, 2.75) is 53.3 Å². The van der Waals surface area contributed by atoms with Gasteiger partial charge in [0.1, 0.15) is 0 Å². The summed E-state index contributed by atoms with van der Waals surface area (Å²) in [5, 5.41) is 0. The molecule has 2 bridgehead atoms. The lowest BCUT2D eigenvalue weighted by Crippen LogP contribution is -2.35. The molecule has 1 fully saturated rings. The van der Waals surface area contributed by atoms with Gasteiger partial charge in [-0.1, -0.05) is 20.8 Å². The van der Waals surface area contributed by atoms with Crippen molar-refractivity contribution in [3.63, 3.8) is 0 Å². The predicted molar refractivity (Wildman–Crippen MR) is 67.1 cm³/mol. The van der Waals surface area contributed by atoms with Crippen LogP contribution in [0.2, 0.25) is 19.6 Å². The van der Waals surface area contributed by atoms with Gasteiger partial charge in [0.15, 0.2) is 0 Å². The summed E-state index contributed by atoms with van der Waals surface area (Å²) in [6.45, 7) is 14.0. The van der Waals surface area contributed by atoms with Crippen molar-refractivity contribution < 1.29 is 4.43 Å². The van der Waals surface area contributed by atoms with Gasteiger partial charge in [-0.3, -0.25) is 0 Å². The number of hydrogen-bond acceptors (Lipinski definition) is 1. The van der Waals surface area contributed by atoms with E-state index in [1.807, 2.05) is 0 Å². The topological polar surface area (TPSA) is 9.23 Å². The van der Waals surface area contributed by atoms with Crippen molar-refractivity contribution in [2.24, 2.45) is 16.7 Å². The van der Waals surface area contributed by atoms with Gasteiger partial charge in [-0.05, 0) is 49.9 Å². The molecule has 0 N–H and O–H groups in total. The van der Waals surface area contributed by atoms with Crippen molar-refractivity contribution >= 4 is 8.32 Å². The van der Waals surface area contributed by atoms with Crippen LogP contribution in [-0.2, 0) is 4.43 Å². The third-order valence-electron chi connectivity index (χ3n) is 4.62. The van der Waals surface area contributed by atoms with Crippen molar-refractivity contribution in [1.82, 2.24) is 0 Å². The highest BCUT2D eigenvalue weighted by molar-refractivity contribution is 6.70. The van der Waals surface area contributed by atoms with Gasteiger partial charge in [0.2, 0.25) is 8.32 Å². The lowest BCUT2D eigenvalue weighted by molar-refractivity contribution is 0.128. The van der Waals surface area contributed by atoms with E-state index in [-0.39, 0.29) is 0 Å². The van der Waals surface area contributed by atoms with Crippen LogP contribution in [0.15, 0.2) is 11.8 Å². The van der Waals surface area contributed by atoms with Crippen molar-refractivity contribution in [3.05, 3.63) is 11.8 Å². The van der Waals surface area contributed by atoms with Crippen LogP contribution in [-0.4, -0.2) is 8.32 Å². The van der Waals surface area contributed by atoms with Crippen LogP contribution < -0.4 is 0 Å². The maximum atomic E-state index is 6.27. The second kappa shape index (κ2) is 2.91. The molecule has 0 heterocycles. The maximum absolute atomic E-state index is 6.27. The van der Waals surface area contributed by atoms with Crippen LogP contribution in [0.3, 0.4) is 0 Å². The molecule has 0 radical (unpaired) electrons. The molecule has 0 aliphatic heterocycles. The molecule has 0 unspecified atom stereocenters. The Morgan fingerprint density at radius 1 is 1.27 bits per heavy atom. The highest BCUT2D eigenvalue weighted by Gasteiger charge is 2.58. The second-order valence-corrected chi connectivity index (χ2v) is 11.4. The quantitative estimate of drug-likeness (QED) is 0.639. The molecular weight excluding hydrogens is 200 g/mol. The van der Waals surface area contributed by atoms with Gasteiger partial charge in [-0.25, -0.2) is 0 Å². The molecule has 0 spiro atoms. The fraction of sp³-hybridized carbons (Fsp3) is 0.846. The summed E-state index contributed by atoms with van der Waals surface area (Å²) in [5.74, 6) is 2.05. The summed E-state index contributed by atoms with van der Waals surface area (Å²) in [6, 6.07) is 0. The third kappa shape index (κ3) is 1.49. The van der Waals surface area contributed by atoms with Gasteiger partial charge in [-0.15, -0.1) is 0 Å². The van der Waals surface area contributed by atoms with Gasteiger partial charge < -0.3 is 4.43 Å². The molecular formula is C13H24OSi. The second-order valence-electron chi connectivity index (χ2n) is 6.94. The van der Waals surface area contributed by atoms with Crippen LogP contribution >= 0.6 is 0 Å². The highest BCUT2D eigenvalue weighted by Crippen LogP contribution is 2.65. The monoisotopic (exact) mass is 224 g/mol. The first kappa shape index (κ1) is 11.2. The van der Waals surface area contributed by atoms with Gasteiger partial charge in [-0.2, -0.15) is 0 Å². The zero-order valence-corrected chi connectivity index (χ0v) is 12.0. The predicted octanol–water partition coefficient (Wildman–Crippen LogP) is 4.18. The molecule has 86 valence electrons. The number of allylic oxidation sites excluding steroid dienone is 2. The van der Waals surface area contributed by atoms with E-state index in [9.17, 15) is 0 Å². The molecule has 15 heavy (non-hydrogen) atoms. The Kier molecular flexibility index (Phi) is 2.18. The Bertz CT molecular complexity index is 311. The first-order valence-electron chi connectivity index (χ1n) is 6.08. The van der Waals surface area contributed by atoms with Gasteiger partial charge >= 0.3 is 0 Å². The molecule has 2 rings (SSSR count). The van der Waals surface area contributed by atoms with Crippen LogP contribution in [0.4, 0.5) is 0 Å². The summed E-state index contributed by atoms with van der Waals surface area (Å²) >= 11 is 0. The molecule has 0 aromatic rings. The minimum Gasteiger partial charge on any atom is -0.547 e. The van der Waals surface area contributed by atoms with E-state index in [1.54, 1.807) is 0 Å². The Balaban J connectivity index is 2.28. The molecule has 1 saturated carbocycles. The summed E-state index contributed by atoms with van der Waals surface area (Å²) in [6.07, 6.45) is 5.07. The van der Waals surface area contributed by atoms with Gasteiger partial charge in [0, 0.05) is 5.41 Å². The zero-order chi connectivity index (χ0) is 11.5. The molecule has 0 aromatic carbocycles. The number of hydrogen-bond donors (Lipinski definition) is 0. The van der Waals surface area contributed by atoms with Crippen LogP contribution in [0.25, 0.3) is 0 Å². The van der Waals surface area contributed by atoms with E-state index in [4.69, 9.17) is 4.43 Å². The smallest absolute Gasteiger partial charge is 0.241 e. The normalized spacial score (nSPS) is 38.0. The summed E-state index contributed by atoms with van der Waals surface area (Å²) in [4.78, 5) is 0. The van der Waals surface area contributed by atoms with Gasteiger partial charge in [0.25, 0.3) is 0 Å². The van der Waals surface area contributed by atoms with E-state index in [0.29, 0.717) is 10.8 Å². The maximum Gasteiger partial charge on any atom is 0.241 e. The lowest BCUT2D eigenvalue weighted by atomic mass is 9.70. The molecule has 0 aromatic heterocycles. The SMILES string of the molecule is CC1(C)[C@@H]2C=C(O[Si](C)(C)C)[C@@]1(C)CC2. The molecule has 2 atom stereocenters. The van der Waals surface area contributed by atoms with Crippen molar-refractivity contribution in [2.75, 3.05) is 0 Å². The number of rotatable bonds is 2. The van der Waals surface area contributed by atoms with Gasteiger partial charge in [0.05, 0.1) is 5.76 Å². The Morgan fingerprint density at radius 3 is 2.20 bits per heavy atom. The zero-order valence-electron chi connectivity index (χ0n) is 11.0. The highest BCUT2D eigenvalue weighted by atomic mass is 28.4. The van der Waals surface area contributed by atoms with Crippen LogP contribution in [0, 0.1) is 16.7 Å². The van der Waals surface area contributed by atoms with Crippen molar-refractivity contribution in [3.8, 4) is 0 Å². The lowest BCUT2D eigenvalue weighted by Gasteiger charge is -2.39. The largest absolute Gasteiger partial charge is 0.547 e. The standard InChI is InChI=1S/C13H24OSi/c1-12(2)10-7-8-13(12,3)11(9-10)14-15(4,5)6/h9-10H,7-8H2,1-6H3/t10-,13+/m0/s1. The first-order chi connectivity index (χ1) is 6.67. The van der Waals surface area contributed by atoms with E-state index in [0.717, 1.165) is 5.92 Å². The molecule has 2 heteroatoms. The summed E-state index contributed by atoms with van der Waals surface area (Å²) < 4.78 is 6.27. The average Bonchev–Trinajstić information content (AvgIpc) is 2.34. The molecule has 0 saturated heterocycles. The Labute approximate surface area is 95.0 Å². The van der Waals surface area contributed by atoms with Crippen molar-refractivity contribution in [1.29, 1.82) is 0 Å². The fourth-order valence-corrected chi connectivity index (χ4v) is 4.06. The van der Waals surface area contributed by atoms with E-state index in [2.05, 4.69) is 46.5 Å². The molecule has 1 nitrogen and oxygen atoms in total. The van der Waals surface area contributed by atoms with Crippen LogP contribution in [0.1, 0.15) is 33.6 Å². The van der Waals surface area contributed by atoms with E-state index in [1.165, 1.54) is 18.6 Å². The number of fused-ring (bicyclic) bond motifs is 2. The van der Waals surface area contributed by atoms with E-state index < -0.39 is 8.32 Å². The minimum absolute atomic E-state index is 0.304. The first-order valence-corrected chi connectivity index (χ1v) is 9.49. The summed E-state index contributed by atoms with van der Waals surface area (Å²) in [7, 11) is -1.44. The third-order valence-corrected chi connectivity index (χ3v) is 5.45. The van der Waals surface area contributed by atoms with E-state index >= 15 is 0 Å². The molecule has 2 aliphatic carbocycles. The fourth-order valence-electron chi connectivity index (χ4n) is 3.11. The summed E-state index contributed by atoms with van der Waals surface area (Å²) in [5.41, 5.74) is 0.708.